The molecule has 0 radical (unpaired) electrons. The molecule has 4 nitrogen and oxygen atoms in total. The zero-order valence-corrected chi connectivity index (χ0v) is 10.4. The summed E-state index contributed by atoms with van der Waals surface area (Å²) in [7, 11) is 1.57. The molecule has 1 atom stereocenters. The number of rotatable bonds is 4. The van der Waals surface area contributed by atoms with Crippen molar-refractivity contribution in [1.82, 2.24) is 0 Å². The van der Waals surface area contributed by atoms with Crippen LogP contribution in [-0.4, -0.2) is 19.8 Å². The molecule has 0 bridgehead atoms. The quantitative estimate of drug-likeness (QED) is 0.864. The van der Waals surface area contributed by atoms with Crippen molar-refractivity contribution in [3.63, 3.8) is 0 Å². The number of carbonyl (C=O) groups excluding carboxylic acids is 1. The Labute approximate surface area is 102 Å². The summed E-state index contributed by atoms with van der Waals surface area (Å²) in [6.45, 7) is 0.131. The summed E-state index contributed by atoms with van der Waals surface area (Å²) in [5.74, 6) is 0. The zero-order chi connectivity index (χ0) is 11.3. The number of primary amides is 1. The predicted octanol–water partition coefficient (Wildman–Crippen LogP) is 2.07. The Bertz CT molecular complexity index is 343. The molecule has 0 heterocycles. The molecule has 1 amide bonds. The molecule has 15 heavy (non-hydrogen) atoms. The topological polar surface area (TPSA) is 61.6 Å². The number of methoxy groups -OCH3 is 1. The van der Waals surface area contributed by atoms with Crippen LogP contribution in [0, 0.1) is 3.57 Å². The Morgan fingerprint density at radius 1 is 1.53 bits per heavy atom. The number of carbonyl (C=O) groups is 1. The lowest BCUT2D eigenvalue weighted by atomic mass is 10.1. The highest BCUT2D eigenvalue weighted by Gasteiger charge is 2.14. The molecule has 0 aliphatic carbocycles. The van der Waals surface area contributed by atoms with Crippen molar-refractivity contribution in [2.24, 2.45) is 5.73 Å². The van der Waals surface area contributed by atoms with Gasteiger partial charge < -0.3 is 15.2 Å². The van der Waals surface area contributed by atoms with Gasteiger partial charge in [-0.3, -0.25) is 0 Å². The van der Waals surface area contributed by atoms with Crippen molar-refractivity contribution in [1.29, 1.82) is 0 Å². The van der Waals surface area contributed by atoms with Crippen LogP contribution in [0.4, 0.5) is 4.79 Å². The second kappa shape index (κ2) is 5.92. The molecular weight excluding hydrogens is 309 g/mol. The fraction of sp³-hybridized carbons (Fsp3) is 0.300. The molecule has 0 saturated carbocycles. The van der Waals surface area contributed by atoms with Crippen LogP contribution in [0.3, 0.4) is 0 Å². The highest BCUT2D eigenvalue weighted by molar-refractivity contribution is 14.1. The van der Waals surface area contributed by atoms with Crippen molar-refractivity contribution in [2.45, 2.75) is 6.10 Å². The fourth-order valence-electron chi connectivity index (χ4n) is 1.18. The number of halogens is 1. The SMILES string of the molecule is CO[C@H](COC(N)=O)c1ccccc1I. The number of ether oxygens (including phenoxy) is 2. The van der Waals surface area contributed by atoms with Crippen LogP contribution in [0.1, 0.15) is 11.7 Å². The molecule has 1 rings (SSSR count). The lowest BCUT2D eigenvalue weighted by Crippen LogP contribution is -2.19. The van der Waals surface area contributed by atoms with Crippen LogP contribution in [0.15, 0.2) is 24.3 Å². The van der Waals surface area contributed by atoms with Crippen molar-refractivity contribution in [3.05, 3.63) is 33.4 Å². The molecule has 1 aromatic carbocycles. The van der Waals surface area contributed by atoms with Gasteiger partial charge in [-0.1, -0.05) is 18.2 Å². The Morgan fingerprint density at radius 2 is 2.20 bits per heavy atom. The average Bonchev–Trinajstić information content (AvgIpc) is 2.21. The molecule has 0 aliphatic heterocycles. The first-order chi connectivity index (χ1) is 7.15. The van der Waals surface area contributed by atoms with Crippen LogP contribution in [-0.2, 0) is 9.47 Å². The minimum Gasteiger partial charge on any atom is -0.447 e. The summed E-state index contributed by atoms with van der Waals surface area (Å²) in [4.78, 5) is 10.5. The fourth-order valence-corrected chi connectivity index (χ4v) is 1.91. The van der Waals surface area contributed by atoms with E-state index in [0.29, 0.717) is 0 Å². The summed E-state index contributed by atoms with van der Waals surface area (Å²) in [6, 6.07) is 7.74. The van der Waals surface area contributed by atoms with Crippen LogP contribution >= 0.6 is 22.6 Å². The first-order valence-electron chi connectivity index (χ1n) is 4.34. The molecular formula is C10H12INO3. The van der Waals surface area contributed by atoms with Gasteiger partial charge in [0.1, 0.15) is 12.7 Å². The molecule has 5 heteroatoms. The standard InChI is InChI=1S/C10H12INO3/c1-14-9(6-15-10(12)13)7-4-2-3-5-8(7)11/h2-5,9H,6H2,1H3,(H2,12,13)/t9-/m1/s1. The van der Waals surface area contributed by atoms with Crippen molar-refractivity contribution < 1.29 is 14.3 Å². The Hall–Kier alpha value is -0.820. The van der Waals surface area contributed by atoms with Crippen LogP contribution in [0.2, 0.25) is 0 Å². The third-order valence-corrected chi connectivity index (χ3v) is 2.90. The maximum Gasteiger partial charge on any atom is 0.404 e. The lowest BCUT2D eigenvalue weighted by Gasteiger charge is -2.16. The molecule has 82 valence electrons. The summed E-state index contributed by atoms with van der Waals surface area (Å²) >= 11 is 2.20. The Balaban J connectivity index is 2.74. The highest BCUT2D eigenvalue weighted by atomic mass is 127. The molecule has 0 aromatic heterocycles. The number of nitrogens with two attached hydrogens (primary N) is 1. The Morgan fingerprint density at radius 3 is 2.73 bits per heavy atom. The molecule has 2 N–H and O–H groups in total. The zero-order valence-electron chi connectivity index (χ0n) is 8.27. The third-order valence-electron chi connectivity index (χ3n) is 1.91. The predicted molar refractivity (Wildman–Crippen MR) is 64.4 cm³/mol. The molecule has 1 aromatic rings. The maximum absolute atomic E-state index is 10.5. The molecule has 0 saturated heterocycles. The second-order valence-corrected chi connectivity index (χ2v) is 4.04. The highest BCUT2D eigenvalue weighted by Crippen LogP contribution is 2.22. The van der Waals surface area contributed by atoms with E-state index in [1.54, 1.807) is 7.11 Å². The number of hydrogen-bond acceptors (Lipinski definition) is 3. The average molecular weight is 321 g/mol. The smallest absolute Gasteiger partial charge is 0.404 e. The van der Waals surface area contributed by atoms with Gasteiger partial charge in [-0.25, -0.2) is 4.79 Å². The summed E-state index contributed by atoms with van der Waals surface area (Å²) in [5, 5.41) is 0. The minimum atomic E-state index is -0.789. The molecule has 0 aliphatic rings. The number of hydrogen-bond donors (Lipinski definition) is 1. The molecule has 0 unspecified atom stereocenters. The van der Waals surface area contributed by atoms with Gasteiger partial charge in [-0.2, -0.15) is 0 Å². The van der Waals surface area contributed by atoms with Crippen LogP contribution in [0.25, 0.3) is 0 Å². The maximum atomic E-state index is 10.5. The van der Waals surface area contributed by atoms with E-state index in [9.17, 15) is 4.79 Å². The largest absolute Gasteiger partial charge is 0.447 e. The normalized spacial score (nSPS) is 12.1. The van der Waals surface area contributed by atoms with Gasteiger partial charge in [0.25, 0.3) is 0 Å². The van der Waals surface area contributed by atoms with E-state index in [0.717, 1.165) is 9.13 Å². The summed E-state index contributed by atoms with van der Waals surface area (Å²) in [5.41, 5.74) is 5.88. The van der Waals surface area contributed by atoms with E-state index in [2.05, 4.69) is 22.6 Å². The number of amides is 1. The second-order valence-electron chi connectivity index (χ2n) is 2.88. The van der Waals surface area contributed by atoms with Gasteiger partial charge in [0, 0.05) is 10.7 Å². The third kappa shape index (κ3) is 3.67. The van der Waals surface area contributed by atoms with Crippen molar-refractivity contribution in [2.75, 3.05) is 13.7 Å². The van der Waals surface area contributed by atoms with Gasteiger partial charge in [-0.15, -0.1) is 0 Å². The van der Waals surface area contributed by atoms with Gasteiger partial charge in [0.05, 0.1) is 0 Å². The van der Waals surface area contributed by atoms with E-state index in [1.807, 2.05) is 24.3 Å². The molecule has 0 spiro atoms. The van der Waals surface area contributed by atoms with Gasteiger partial charge in [0.15, 0.2) is 0 Å². The first-order valence-corrected chi connectivity index (χ1v) is 5.42. The van der Waals surface area contributed by atoms with Gasteiger partial charge in [-0.05, 0) is 34.2 Å². The van der Waals surface area contributed by atoms with E-state index < -0.39 is 6.09 Å². The molecule has 0 fully saturated rings. The monoisotopic (exact) mass is 321 g/mol. The van der Waals surface area contributed by atoms with Gasteiger partial charge >= 0.3 is 6.09 Å². The van der Waals surface area contributed by atoms with E-state index in [-0.39, 0.29) is 12.7 Å². The van der Waals surface area contributed by atoms with Gasteiger partial charge in [0.2, 0.25) is 0 Å². The van der Waals surface area contributed by atoms with Crippen LogP contribution in [0.5, 0.6) is 0 Å². The Kier molecular flexibility index (Phi) is 4.83. The summed E-state index contributed by atoms with van der Waals surface area (Å²) < 4.78 is 11.0. The lowest BCUT2D eigenvalue weighted by molar-refractivity contribution is 0.0368. The van der Waals surface area contributed by atoms with E-state index in [1.165, 1.54) is 0 Å². The van der Waals surface area contributed by atoms with E-state index in [4.69, 9.17) is 15.2 Å². The van der Waals surface area contributed by atoms with Crippen molar-refractivity contribution >= 4 is 28.7 Å². The van der Waals surface area contributed by atoms with Crippen LogP contribution < -0.4 is 5.73 Å². The minimum absolute atomic E-state index is 0.131. The van der Waals surface area contributed by atoms with Crippen molar-refractivity contribution in [3.8, 4) is 0 Å². The van der Waals surface area contributed by atoms with E-state index >= 15 is 0 Å². The first kappa shape index (κ1) is 12.3. The summed E-state index contributed by atoms with van der Waals surface area (Å²) in [6.07, 6.45) is -1.06. The number of benzene rings is 1.